The summed E-state index contributed by atoms with van der Waals surface area (Å²) in [6.45, 7) is 2.15. The second kappa shape index (κ2) is 7.07. The fourth-order valence-corrected chi connectivity index (χ4v) is 4.03. The van der Waals surface area contributed by atoms with Gasteiger partial charge in [-0.15, -0.1) is 0 Å². The molecule has 0 atom stereocenters. The molecule has 3 rings (SSSR count). The molecule has 3 aromatic carbocycles. The zero-order chi connectivity index (χ0) is 17.9. The highest BCUT2D eigenvalue weighted by atomic mass is 32.2. The molecule has 0 aromatic heterocycles. The first kappa shape index (κ1) is 17.2. The normalized spacial score (nSPS) is 11.3. The smallest absolute Gasteiger partial charge is 0.262 e. The number of sulfonamides is 1. The highest BCUT2D eigenvalue weighted by Crippen LogP contribution is 2.26. The van der Waals surface area contributed by atoms with Crippen LogP contribution in [0.1, 0.15) is 11.1 Å². The van der Waals surface area contributed by atoms with Crippen LogP contribution in [0.15, 0.2) is 83.8 Å². The number of aryl methyl sites for hydroxylation is 1. The summed E-state index contributed by atoms with van der Waals surface area (Å²) in [5.74, 6) is -0.468. The third kappa shape index (κ3) is 3.72. The first-order chi connectivity index (χ1) is 12.0. The Bertz CT molecular complexity index is 955. The average Bonchev–Trinajstić information content (AvgIpc) is 2.62. The van der Waals surface area contributed by atoms with Crippen molar-refractivity contribution in [1.29, 1.82) is 0 Å². The molecule has 0 heterocycles. The zero-order valence-corrected chi connectivity index (χ0v) is 14.6. The highest BCUT2D eigenvalue weighted by molar-refractivity contribution is 7.92. The number of nitrogens with zero attached hydrogens (tertiary/aromatic N) is 1. The van der Waals surface area contributed by atoms with E-state index in [-0.39, 0.29) is 11.4 Å². The molecule has 0 radical (unpaired) electrons. The van der Waals surface area contributed by atoms with Gasteiger partial charge in [0, 0.05) is 0 Å². The molecule has 0 fully saturated rings. The van der Waals surface area contributed by atoms with Crippen molar-refractivity contribution in [3.63, 3.8) is 0 Å². The van der Waals surface area contributed by atoms with Gasteiger partial charge in [0.05, 0.1) is 17.1 Å². The molecule has 0 spiro atoms. The third-order valence-electron chi connectivity index (χ3n) is 4.02. The van der Waals surface area contributed by atoms with Gasteiger partial charge in [0.15, 0.2) is 0 Å². The SMILES string of the molecule is Cc1ccccc1CN(c1ccccc1)S(=O)(=O)c1ccc(F)cc1. The fraction of sp³-hybridized carbons (Fsp3) is 0.100. The van der Waals surface area contributed by atoms with E-state index in [1.54, 1.807) is 24.3 Å². The molecular weight excluding hydrogens is 337 g/mol. The van der Waals surface area contributed by atoms with E-state index < -0.39 is 15.8 Å². The molecule has 0 saturated carbocycles. The Hall–Kier alpha value is -2.66. The Morgan fingerprint density at radius 1 is 0.840 bits per heavy atom. The van der Waals surface area contributed by atoms with Crippen molar-refractivity contribution in [2.75, 3.05) is 4.31 Å². The fourth-order valence-electron chi connectivity index (χ4n) is 2.59. The van der Waals surface area contributed by atoms with Gasteiger partial charge in [0.1, 0.15) is 5.82 Å². The molecule has 3 aromatic rings. The van der Waals surface area contributed by atoms with E-state index in [0.717, 1.165) is 23.3 Å². The van der Waals surface area contributed by atoms with E-state index in [2.05, 4.69) is 0 Å². The van der Waals surface area contributed by atoms with Crippen LogP contribution < -0.4 is 4.31 Å². The van der Waals surface area contributed by atoms with Crippen molar-refractivity contribution in [3.8, 4) is 0 Å². The lowest BCUT2D eigenvalue weighted by atomic mass is 10.1. The number of anilines is 1. The summed E-state index contributed by atoms with van der Waals surface area (Å²) in [5.41, 5.74) is 2.49. The lowest BCUT2D eigenvalue weighted by Crippen LogP contribution is -2.30. The summed E-state index contributed by atoms with van der Waals surface area (Å²) in [7, 11) is -3.82. The van der Waals surface area contributed by atoms with Crippen molar-refractivity contribution in [1.82, 2.24) is 0 Å². The van der Waals surface area contributed by atoms with Crippen molar-refractivity contribution >= 4 is 15.7 Å². The number of benzene rings is 3. The maximum Gasteiger partial charge on any atom is 0.264 e. The molecule has 0 saturated heterocycles. The van der Waals surface area contributed by atoms with Crippen LogP contribution in [0.4, 0.5) is 10.1 Å². The quantitative estimate of drug-likeness (QED) is 0.674. The van der Waals surface area contributed by atoms with Crippen LogP contribution in [-0.4, -0.2) is 8.42 Å². The van der Waals surface area contributed by atoms with Crippen LogP contribution in [0.25, 0.3) is 0 Å². The molecule has 0 aliphatic carbocycles. The Balaban J connectivity index is 2.08. The van der Waals surface area contributed by atoms with Crippen LogP contribution in [0.5, 0.6) is 0 Å². The highest BCUT2D eigenvalue weighted by Gasteiger charge is 2.25. The van der Waals surface area contributed by atoms with Crippen LogP contribution in [0.3, 0.4) is 0 Å². The molecule has 0 aliphatic rings. The second-order valence-electron chi connectivity index (χ2n) is 5.73. The summed E-state index contributed by atoms with van der Waals surface area (Å²) in [6, 6.07) is 21.5. The van der Waals surface area contributed by atoms with Crippen LogP contribution in [0, 0.1) is 12.7 Å². The standard InChI is InChI=1S/C20H18FNO2S/c1-16-7-5-6-8-17(16)15-22(19-9-3-2-4-10-19)25(23,24)20-13-11-18(21)12-14-20/h2-14H,15H2,1H3. The van der Waals surface area contributed by atoms with Gasteiger partial charge in [-0.05, 0) is 54.4 Å². The van der Waals surface area contributed by atoms with Crippen LogP contribution in [-0.2, 0) is 16.6 Å². The third-order valence-corrected chi connectivity index (χ3v) is 5.81. The summed E-state index contributed by atoms with van der Waals surface area (Å²) in [4.78, 5) is 0.0614. The van der Waals surface area contributed by atoms with Gasteiger partial charge < -0.3 is 0 Å². The number of rotatable bonds is 5. The van der Waals surface area contributed by atoms with Gasteiger partial charge in [-0.2, -0.15) is 0 Å². The largest absolute Gasteiger partial charge is 0.264 e. The van der Waals surface area contributed by atoms with Gasteiger partial charge in [-0.3, -0.25) is 4.31 Å². The summed E-state index contributed by atoms with van der Waals surface area (Å²) in [6.07, 6.45) is 0. The van der Waals surface area contributed by atoms with E-state index in [9.17, 15) is 12.8 Å². The average molecular weight is 355 g/mol. The van der Waals surface area contributed by atoms with Crippen molar-refractivity contribution in [2.24, 2.45) is 0 Å². The molecule has 0 N–H and O–H groups in total. The van der Waals surface area contributed by atoms with E-state index >= 15 is 0 Å². The number of hydrogen-bond donors (Lipinski definition) is 0. The van der Waals surface area contributed by atoms with Crippen molar-refractivity contribution in [2.45, 2.75) is 18.4 Å². The van der Waals surface area contributed by atoms with Gasteiger partial charge in [-0.1, -0.05) is 42.5 Å². The summed E-state index contributed by atoms with van der Waals surface area (Å²) < 4.78 is 40.9. The van der Waals surface area contributed by atoms with Gasteiger partial charge >= 0.3 is 0 Å². The minimum atomic E-state index is -3.82. The maximum atomic E-state index is 13.2. The molecule has 0 amide bonds. The molecule has 0 bridgehead atoms. The minimum Gasteiger partial charge on any atom is -0.262 e. The van der Waals surface area contributed by atoms with Crippen molar-refractivity contribution < 1.29 is 12.8 Å². The monoisotopic (exact) mass is 355 g/mol. The van der Waals surface area contributed by atoms with E-state index in [1.807, 2.05) is 37.3 Å². The van der Waals surface area contributed by atoms with E-state index in [0.29, 0.717) is 5.69 Å². The second-order valence-corrected chi connectivity index (χ2v) is 7.59. The number of halogens is 1. The number of hydrogen-bond acceptors (Lipinski definition) is 2. The Labute approximate surface area is 147 Å². The van der Waals surface area contributed by atoms with Gasteiger partial charge in [0.2, 0.25) is 0 Å². The molecule has 0 aliphatic heterocycles. The molecule has 128 valence electrons. The molecule has 5 heteroatoms. The van der Waals surface area contributed by atoms with E-state index in [4.69, 9.17) is 0 Å². The van der Waals surface area contributed by atoms with E-state index in [1.165, 1.54) is 16.4 Å². The molecular formula is C20H18FNO2S. The number of para-hydroxylation sites is 1. The zero-order valence-electron chi connectivity index (χ0n) is 13.8. The van der Waals surface area contributed by atoms with Gasteiger partial charge in [-0.25, -0.2) is 12.8 Å². The predicted octanol–water partition coefficient (Wildman–Crippen LogP) is 4.53. The lowest BCUT2D eigenvalue weighted by Gasteiger charge is -2.25. The topological polar surface area (TPSA) is 37.4 Å². The van der Waals surface area contributed by atoms with Crippen LogP contribution >= 0.6 is 0 Å². The maximum absolute atomic E-state index is 13.2. The lowest BCUT2D eigenvalue weighted by molar-refractivity contribution is 0.589. The summed E-state index contributed by atoms with van der Waals surface area (Å²) in [5, 5.41) is 0. The minimum absolute atomic E-state index is 0.0614. The van der Waals surface area contributed by atoms with Crippen molar-refractivity contribution in [3.05, 3.63) is 95.8 Å². The molecule has 0 unspecified atom stereocenters. The first-order valence-corrected chi connectivity index (χ1v) is 9.30. The Morgan fingerprint density at radius 2 is 1.44 bits per heavy atom. The first-order valence-electron chi connectivity index (χ1n) is 7.86. The Morgan fingerprint density at radius 3 is 2.08 bits per heavy atom. The summed E-state index contributed by atoms with van der Waals surface area (Å²) >= 11 is 0. The Kier molecular flexibility index (Phi) is 4.86. The van der Waals surface area contributed by atoms with Crippen LogP contribution in [0.2, 0.25) is 0 Å². The predicted molar refractivity (Wildman–Crippen MR) is 97.4 cm³/mol. The van der Waals surface area contributed by atoms with Gasteiger partial charge in [0.25, 0.3) is 10.0 Å². The molecule has 3 nitrogen and oxygen atoms in total. The molecule has 25 heavy (non-hydrogen) atoms.